The SMILES string of the molecule is C=CCOC(=O)[C@H](Cc1ccccc1)NC(=O)[C@@H](N)Cc1ccccc1. The van der Waals surface area contributed by atoms with Gasteiger partial charge in [0.2, 0.25) is 5.91 Å². The zero-order valence-electron chi connectivity index (χ0n) is 14.6. The molecule has 0 saturated carbocycles. The Hall–Kier alpha value is -2.92. The second kappa shape index (κ2) is 10.2. The number of hydrogen-bond donors (Lipinski definition) is 2. The van der Waals surface area contributed by atoms with Gasteiger partial charge >= 0.3 is 5.97 Å². The highest BCUT2D eigenvalue weighted by Crippen LogP contribution is 2.07. The Labute approximate surface area is 153 Å². The zero-order chi connectivity index (χ0) is 18.8. The Bertz CT molecular complexity index is 717. The molecule has 0 heterocycles. The molecule has 5 heteroatoms. The van der Waals surface area contributed by atoms with Crippen molar-refractivity contribution in [1.82, 2.24) is 5.32 Å². The maximum absolute atomic E-state index is 12.5. The second-order valence-electron chi connectivity index (χ2n) is 5.97. The smallest absolute Gasteiger partial charge is 0.329 e. The summed E-state index contributed by atoms with van der Waals surface area (Å²) in [5, 5.41) is 2.72. The summed E-state index contributed by atoms with van der Waals surface area (Å²) in [4.78, 5) is 24.8. The lowest BCUT2D eigenvalue weighted by atomic mass is 10.0. The molecule has 2 aromatic rings. The van der Waals surface area contributed by atoms with E-state index in [4.69, 9.17) is 10.5 Å². The molecule has 0 radical (unpaired) electrons. The van der Waals surface area contributed by atoms with Gasteiger partial charge in [-0.05, 0) is 17.5 Å². The van der Waals surface area contributed by atoms with Crippen LogP contribution >= 0.6 is 0 Å². The summed E-state index contributed by atoms with van der Waals surface area (Å²) in [6.07, 6.45) is 2.22. The molecule has 0 spiro atoms. The predicted octanol–water partition coefficient (Wildman–Crippen LogP) is 2.01. The molecule has 0 aliphatic carbocycles. The predicted molar refractivity (Wildman–Crippen MR) is 101 cm³/mol. The van der Waals surface area contributed by atoms with E-state index >= 15 is 0 Å². The van der Waals surface area contributed by atoms with Crippen LogP contribution in [-0.2, 0) is 27.2 Å². The highest BCUT2D eigenvalue weighted by Gasteiger charge is 2.25. The molecule has 5 nitrogen and oxygen atoms in total. The van der Waals surface area contributed by atoms with Crippen LogP contribution < -0.4 is 11.1 Å². The van der Waals surface area contributed by atoms with Crippen molar-refractivity contribution in [3.63, 3.8) is 0 Å². The van der Waals surface area contributed by atoms with Crippen LogP contribution in [0, 0.1) is 0 Å². The summed E-state index contributed by atoms with van der Waals surface area (Å²) in [5.74, 6) is -0.889. The molecule has 0 aromatic heterocycles. The van der Waals surface area contributed by atoms with Gasteiger partial charge in [0.05, 0.1) is 6.04 Å². The van der Waals surface area contributed by atoms with E-state index in [1.807, 2.05) is 60.7 Å². The molecule has 0 aliphatic rings. The summed E-state index contributed by atoms with van der Waals surface area (Å²) in [7, 11) is 0. The van der Waals surface area contributed by atoms with Gasteiger partial charge < -0.3 is 15.8 Å². The topological polar surface area (TPSA) is 81.4 Å². The first-order valence-electron chi connectivity index (χ1n) is 8.51. The first-order valence-corrected chi connectivity index (χ1v) is 8.51. The molecular formula is C21H24N2O3. The molecule has 2 aromatic carbocycles. The highest BCUT2D eigenvalue weighted by atomic mass is 16.5. The number of esters is 1. The molecule has 1 amide bonds. The number of hydrogen-bond acceptors (Lipinski definition) is 4. The van der Waals surface area contributed by atoms with Gasteiger partial charge in [-0.3, -0.25) is 4.79 Å². The fourth-order valence-corrected chi connectivity index (χ4v) is 2.52. The Morgan fingerprint density at radius 3 is 2.08 bits per heavy atom. The van der Waals surface area contributed by atoms with E-state index in [1.54, 1.807) is 0 Å². The second-order valence-corrected chi connectivity index (χ2v) is 5.97. The Balaban J connectivity index is 2.02. The molecule has 3 N–H and O–H groups in total. The number of benzene rings is 2. The third kappa shape index (κ3) is 6.18. The van der Waals surface area contributed by atoms with Crippen LogP contribution in [0.5, 0.6) is 0 Å². The maximum Gasteiger partial charge on any atom is 0.329 e. The average Bonchev–Trinajstić information content (AvgIpc) is 2.67. The molecule has 26 heavy (non-hydrogen) atoms. The summed E-state index contributed by atoms with van der Waals surface area (Å²) < 4.78 is 5.11. The number of carbonyl (C=O) groups excluding carboxylic acids is 2. The van der Waals surface area contributed by atoms with E-state index in [9.17, 15) is 9.59 Å². The van der Waals surface area contributed by atoms with Gasteiger partial charge in [0.1, 0.15) is 12.6 Å². The summed E-state index contributed by atoms with van der Waals surface area (Å²) in [6, 6.07) is 17.4. The molecule has 2 atom stereocenters. The van der Waals surface area contributed by atoms with Crippen LogP contribution in [0.3, 0.4) is 0 Å². The maximum atomic E-state index is 12.5. The van der Waals surface area contributed by atoms with Gasteiger partial charge in [0, 0.05) is 6.42 Å². The fraction of sp³-hybridized carbons (Fsp3) is 0.238. The summed E-state index contributed by atoms with van der Waals surface area (Å²) in [6.45, 7) is 3.62. The molecule has 0 aliphatic heterocycles. The normalized spacial score (nSPS) is 12.7. The molecule has 2 rings (SSSR count). The van der Waals surface area contributed by atoms with E-state index in [0.717, 1.165) is 11.1 Å². The van der Waals surface area contributed by atoms with Gasteiger partial charge in [0.15, 0.2) is 0 Å². The van der Waals surface area contributed by atoms with Crippen LogP contribution in [0.2, 0.25) is 0 Å². The molecule has 0 unspecified atom stereocenters. The third-order valence-electron chi connectivity index (χ3n) is 3.86. The van der Waals surface area contributed by atoms with Crippen molar-refractivity contribution in [2.75, 3.05) is 6.61 Å². The minimum absolute atomic E-state index is 0.0933. The van der Waals surface area contributed by atoms with E-state index in [1.165, 1.54) is 6.08 Å². The minimum Gasteiger partial charge on any atom is -0.460 e. The number of amides is 1. The third-order valence-corrected chi connectivity index (χ3v) is 3.86. The van der Waals surface area contributed by atoms with E-state index in [0.29, 0.717) is 12.8 Å². The minimum atomic E-state index is -0.799. The van der Waals surface area contributed by atoms with E-state index in [2.05, 4.69) is 11.9 Å². The van der Waals surface area contributed by atoms with Crippen molar-refractivity contribution in [2.45, 2.75) is 24.9 Å². The van der Waals surface area contributed by atoms with Crippen molar-refractivity contribution in [1.29, 1.82) is 0 Å². The van der Waals surface area contributed by atoms with Crippen molar-refractivity contribution in [3.8, 4) is 0 Å². The molecule has 0 bridgehead atoms. The van der Waals surface area contributed by atoms with E-state index in [-0.39, 0.29) is 12.5 Å². The zero-order valence-corrected chi connectivity index (χ0v) is 14.6. The Morgan fingerprint density at radius 1 is 1.00 bits per heavy atom. The van der Waals surface area contributed by atoms with Gasteiger partial charge in [-0.15, -0.1) is 0 Å². The average molecular weight is 352 g/mol. The number of ether oxygens (including phenoxy) is 1. The van der Waals surface area contributed by atoms with Crippen LogP contribution in [0.4, 0.5) is 0 Å². The number of carbonyl (C=O) groups is 2. The van der Waals surface area contributed by atoms with Crippen LogP contribution in [0.15, 0.2) is 73.3 Å². The van der Waals surface area contributed by atoms with Gasteiger partial charge in [0.25, 0.3) is 0 Å². The van der Waals surface area contributed by atoms with Gasteiger partial charge in [-0.1, -0.05) is 73.3 Å². The first-order chi connectivity index (χ1) is 12.6. The number of nitrogens with two attached hydrogens (primary N) is 1. The van der Waals surface area contributed by atoms with Crippen LogP contribution in [0.25, 0.3) is 0 Å². The number of nitrogens with one attached hydrogen (secondary N) is 1. The molecular weight excluding hydrogens is 328 g/mol. The van der Waals surface area contributed by atoms with Gasteiger partial charge in [-0.25, -0.2) is 4.79 Å². The van der Waals surface area contributed by atoms with Crippen molar-refractivity contribution < 1.29 is 14.3 Å². The van der Waals surface area contributed by atoms with E-state index < -0.39 is 18.1 Å². The fourth-order valence-electron chi connectivity index (χ4n) is 2.52. The van der Waals surface area contributed by atoms with Crippen LogP contribution in [-0.4, -0.2) is 30.6 Å². The van der Waals surface area contributed by atoms with Crippen molar-refractivity contribution in [3.05, 3.63) is 84.4 Å². The van der Waals surface area contributed by atoms with Crippen molar-refractivity contribution in [2.24, 2.45) is 5.73 Å². The number of rotatable bonds is 9. The monoisotopic (exact) mass is 352 g/mol. The van der Waals surface area contributed by atoms with Crippen LogP contribution in [0.1, 0.15) is 11.1 Å². The standard InChI is InChI=1S/C21H24N2O3/c1-2-13-26-21(25)19(15-17-11-7-4-8-12-17)23-20(24)18(22)14-16-9-5-3-6-10-16/h2-12,18-19H,1,13-15,22H2,(H,23,24)/t18-,19-/m0/s1. The largest absolute Gasteiger partial charge is 0.460 e. The van der Waals surface area contributed by atoms with Crippen molar-refractivity contribution >= 4 is 11.9 Å². The molecule has 0 saturated heterocycles. The Kier molecular flexibility index (Phi) is 7.58. The Morgan fingerprint density at radius 2 is 1.54 bits per heavy atom. The first kappa shape index (κ1) is 19.4. The molecule has 136 valence electrons. The van der Waals surface area contributed by atoms with Gasteiger partial charge in [-0.2, -0.15) is 0 Å². The summed E-state index contributed by atoms with van der Waals surface area (Å²) >= 11 is 0. The summed E-state index contributed by atoms with van der Waals surface area (Å²) in [5.41, 5.74) is 7.89. The lowest BCUT2D eigenvalue weighted by molar-refractivity contribution is -0.146. The quantitative estimate of drug-likeness (QED) is 0.534. The highest BCUT2D eigenvalue weighted by molar-refractivity contribution is 5.87. The lowest BCUT2D eigenvalue weighted by Gasteiger charge is -2.20. The lowest BCUT2D eigenvalue weighted by Crippen LogP contribution is -2.50. The molecule has 0 fully saturated rings.